The van der Waals surface area contributed by atoms with Crippen LogP contribution in [0.15, 0.2) is 78.2 Å². The number of aromatic nitrogens is 4. The number of H-pyrrole nitrogens is 3. The molecule has 3 aliphatic heterocycles. The van der Waals surface area contributed by atoms with E-state index in [1.54, 1.807) is 0 Å². The maximum Gasteiger partial charge on any atom is 0.111 e. The van der Waals surface area contributed by atoms with Crippen molar-refractivity contribution >= 4 is 35.7 Å². The highest BCUT2D eigenvalue weighted by Crippen LogP contribution is 2.29. The Bertz CT molecular complexity index is 1450. The Labute approximate surface area is 184 Å². The lowest BCUT2D eigenvalue weighted by Gasteiger charge is -2.04. The number of pyridine rings is 2. The summed E-state index contributed by atoms with van der Waals surface area (Å²) < 4.78 is 0. The van der Waals surface area contributed by atoms with E-state index in [2.05, 4.69) is 79.2 Å². The van der Waals surface area contributed by atoms with Crippen LogP contribution in [0.5, 0.6) is 0 Å². The Kier molecular flexibility index (Phi) is 4.32. The van der Waals surface area contributed by atoms with Gasteiger partial charge < -0.3 is 9.97 Å². The number of allylic oxidation sites excluding steroid dienone is 2. The van der Waals surface area contributed by atoms with Gasteiger partial charge in [-0.2, -0.15) is 10.2 Å². The normalized spacial score (nSPS) is 13.7. The van der Waals surface area contributed by atoms with Gasteiger partial charge in [0.1, 0.15) is 11.4 Å². The van der Waals surface area contributed by atoms with Crippen LogP contribution < -0.4 is 5.43 Å². The van der Waals surface area contributed by atoms with Gasteiger partial charge in [0.05, 0.1) is 11.4 Å². The van der Waals surface area contributed by atoms with Gasteiger partial charge >= 0.3 is 0 Å². The number of aromatic amines is 3. The molecule has 0 aromatic carbocycles. The monoisotopic (exact) mass is 416 g/mol. The first-order valence-corrected chi connectivity index (χ1v) is 10.4. The number of hydrogen-bond acceptors (Lipinski definition) is 3. The first-order valence-electron chi connectivity index (χ1n) is 10.4. The summed E-state index contributed by atoms with van der Waals surface area (Å²) in [5.74, 6) is 0. The van der Waals surface area contributed by atoms with Crippen molar-refractivity contribution in [3.63, 3.8) is 0 Å². The molecule has 0 spiro atoms. The molecular formula is C26H20N6. The SMILES string of the molecule is C1=Cc2n[nH]c(/C=C/c3[nH]ccc4cccc3-4)c2NN=C1/C=C/c1[nH]ccc2cccc1-2. The number of anilines is 1. The summed E-state index contributed by atoms with van der Waals surface area (Å²) in [4.78, 5) is 6.61. The lowest BCUT2D eigenvalue weighted by molar-refractivity contribution is 1.07. The second-order valence-electron chi connectivity index (χ2n) is 7.62. The summed E-state index contributed by atoms with van der Waals surface area (Å²) in [5, 5.41) is 12.1. The second kappa shape index (κ2) is 7.59. The van der Waals surface area contributed by atoms with Crippen LogP contribution in [-0.2, 0) is 0 Å². The van der Waals surface area contributed by atoms with Crippen molar-refractivity contribution < 1.29 is 0 Å². The molecule has 0 saturated carbocycles. The van der Waals surface area contributed by atoms with E-state index in [1.807, 2.05) is 48.8 Å². The smallest absolute Gasteiger partial charge is 0.111 e. The molecule has 0 atom stereocenters. The maximum absolute atomic E-state index is 4.55. The minimum atomic E-state index is 0.810. The molecule has 2 aliphatic carbocycles. The van der Waals surface area contributed by atoms with Gasteiger partial charge in [-0.3, -0.25) is 10.5 Å². The maximum atomic E-state index is 4.55. The Hall–Kier alpha value is -4.58. The van der Waals surface area contributed by atoms with E-state index in [0.717, 1.165) is 34.2 Å². The van der Waals surface area contributed by atoms with Crippen molar-refractivity contribution in [3.05, 3.63) is 95.9 Å². The molecule has 1 aromatic rings. The number of hydrazone groups is 1. The first-order chi connectivity index (χ1) is 15.8. The number of hydrogen-bond donors (Lipinski definition) is 4. The van der Waals surface area contributed by atoms with Crippen molar-refractivity contribution in [1.82, 2.24) is 20.2 Å². The lowest BCUT2D eigenvalue weighted by Crippen LogP contribution is -1.95. The van der Waals surface area contributed by atoms with Crippen molar-refractivity contribution in [2.24, 2.45) is 5.10 Å². The quantitative estimate of drug-likeness (QED) is 0.292. The number of nitrogens with one attached hydrogen (secondary N) is 4. The van der Waals surface area contributed by atoms with Gasteiger partial charge in [0.2, 0.25) is 0 Å². The van der Waals surface area contributed by atoms with Crippen LogP contribution in [0, 0.1) is 0 Å². The lowest BCUT2D eigenvalue weighted by atomic mass is 10.1. The van der Waals surface area contributed by atoms with E-state index in [-0.39, 0.29) is 0 Å². The molecule has 32 heavy (non-hydrogen) atoms. The van der Waals surface area contributed by atoms with Gasteiger partial charge in [0.25, 0.3) is 0 Å². The van der Waals surface area contributed by atoms with Crippen LogP contribution in [-0.4, -0.2) is 25.9 Å². The molecule has 0 saturated heterocycles. The summed E-state index contributed by atoms with van der Waals surface area (Å²) in [6, 6.07) is 16.7. The molecule has 1 aromatic heterocycles. The second-order valence-corrected chi connectivity index (χ2v) is 7.62. The van der Waals surface area contributed by atoms with Crippen LogP contribution in [0.25, 0.3) is 46.6 Å². The molecule has 0 bridgehead atoms. The van der Waals surface area contributed by atoms with Crippen molar-refractivity contribution in [2.75, 3.05) is 5.43 Å². The van der Waals surface area contributed by atoms with Crippen molar-refractivity contribution in [2.45, 2.75) is 0 Å². The van der Waals surface area contributed by atoms with Gasteiger partial charge in [0, 0.05) is 34.9 Å². The van der Waals surface area contributed by atoms with Gasteiger partial charge in [-0.05, 0) is 59.7 Å². The molecule has 0 unspecified atom stereocenters. The minimum Gasteiger partial charge on any atom is -0.361 e. The predicted molar refractivity (Wildman–Crippen MR) is 131 cm³/mol. The van der Waals surface area contributed by atoms with Gasteiger partial charge in [-0.25, -0.2) is 0 Å². The molecule has 6 heteroatoms. The predicted octanol–water partition coefficient (Wildman–Crippen LogP) is 5.95. The Morgan fingerprint density at radius 1 is 0.656 bits per heavy atom. The molecule has 154 valence electrons. The fourth-order valence-electron chi connectivity index (χ4n) is 4.00. The minimum absolute atomic E-state index is 0.810. The van der Waals surface area contributed by atoms with Gasteiger partial charge in [-0.15, -0.1) is 0 Å². The standard InChI is InChI=1S/C26H20N6/c1-3-17-13-15-27-22(20(17)5-1)9-7-19-8-10-24-26(32-29-19)25(31-30-24)12-11-23-21-6-2-4-18(21)14-16-28-23/h1-16,27-28,32H,(H,30,31)/b9-7+,12-11+. The summed E-state index contributed by atoms with van der Waals surface area (Å²) >= 11 is 0. The van der Waals surface area contributed by atoms with Crippen LogP contribution in [0.3, 0.4) is 0 Å². The fourth-order valence-corrected chi connectivity index (χ4v) is 4.00. The highest BCUT2D eigenvalue weighted by atomic mass is 15.3. The molecule has 6 rings (SSSR count). The molecule has 0 amide bonds. The summed E-state index contributed by atoms with van der Waals surface area (Å²) in [6.07, 6.45) is 15.9. The summed E-state index contributed by atoms with van der Waals surface area (Å²) in [6.45, 7) is 0. The summed E-state index contributed by atoms with van der Waals surface area (Å²) in [7, 11) is 0. The highest BCUT2D eigenvalue weighted by Gasteiger charge is 2.12. The zero-order valence-corrected chi connectivity index (χ0v) is 17.1. The largest absolute Gasteiger partial charge is 0.361 e. The molecule has 4 N–H and O–H groups in total. The highest BCUT2D eigenvalue weighted by molar-refractivity contribution is 6.10. The number of fused-ring (bicyclic) bond motifs is 3. The van der Waals surface area contributed by atoms with E-state index in [1.165, 1.54) is 22.3 Å². The number of nitrogens with zero attached hydrogens (tertiary/aromatic N) is 2. The average Bonchev–Trinajstić information content (AvgIpc) is 3.54. The first kappa shape index (κ1) is 18.2. The third-order valence-electron chi connectivity index (χ3n) is 5.65. The summed E-state index contributed by atoms with van der Waals surface area (Å²) in [5.41, 5.74) is 13.4. The third kappa shape index (κ3) is 3.24. The molecule has 6 nitrogen and oxygen atoms in total. The molecule has 0 radical (unpaired) electrons. The van der Waals surface area contributed by atoms with Crippen molar-refractivity contribution in [3.8, 4) is 22.3 Å². The molecule has 4 heterocycles. The molecule has 0 fully saturated rings. The van der Waals surface area contributed by atoms with E-state index in [0.29, 0.717) is 0 Å². The molecular weight excluding hydrogens is 396 g/mol. The molecule has 5 aliphatic rings. The zero-order chi connectivity index (χ0) is 21.3. The van der Waals surface area contributed by atoms with Crippen LogP contribution in [0.1, 0.15) is 22.8 Å². The van der Waals surface area contributed by atoms with Crippen molar-refractivity contribution in [1.29, 1.82) is 0 Å². The van der Waals surface area contributed by atoms with Gasteiger partial charge in [-0.1, -0.05) is 36.4 Å². The van der Waals surface area contributed by atoms with E-state index in [9.17, 15) is 0 Å². The van der Waals surface area contributed by atoms with E-state index >= 15 is 0 Å². The Morgan fingerprint density at radius 3 is 2.03 bits per heavy atom. The Balaban J connectivity index is 1.24. The van der Waals surface area contributed by atoms with Crippen LogP contribution >= 0.6 is 0 Å². The van der Waals surface area contributed by atoms with Crippen LogP contribution in [0.4, 0.5) is 5.69 Å². The van der Waals surface area contributed by atoms with E-state index in [4.69, 9.17) is 0 Å². The van der Waals surface area contributed by atoms with Gasteiger partial charge in [0.15, 0.2) is 0 Å². The van der Waals surface area contributed by atoms with Crippen LogP contribution in [0.2, 0.25) is 0 Å². The third-order valence-corrected chi connectivity index (χ3v) is 5.65. The number of rotatable bonds is 4. The van der Waals surface area contributed by atoms with E-state index < -0.39 is 0 Å². The fraction of sp³-hybridized carbons (Fsp3) is 0. The topological polar surface area (TPSA) is 84.7 Å². The Morgan fingerprint density at radius 2 is 1.31 bits per heavy atom. The zero-order valence-electron chi connectivity index (χ0n) is 17.1. The average molecular weight is 416 g/mol.